The average Bonchev–Trinajstić information content (AvgIpc) is 2.59. The van der Waals surface area contributed by atoms with Crippen LogP contribution in [-0.4, -0.2) is 27.0 Å². The van der Waals surface area contributed by atoms with E-state index in [0.717, 1.165) is 24.3 Å². The topological polar surface area (TPSA) is 75.3 Å². The molecule has 0 radical (unpaired) electrons. The fraction of sp³-hybridized carbons (Fsp3) is 0.235. The highest BCUT2D eigenvalue weighted by Gasteiger charge is 2.28. The molecule has 27 heavy (non-hydrogen) atoms. The number of hydrogen-bond acceptors (Lipinski definition) is 3. The summed E-state index contributed by atoms with van der Waals surface area (Å²) in [7, 11) is -3.95. The number of sulfonamides is 1. The molecule has 146 valence electrons. The van der Waals surface area contributed by atoms with Crippen molar-refractivity contribution in [3.8, 4) is 0 Å². The Morgan fingerprint density at radius 3 is 2.11 bits per heavy atom. The molecule has 0 unspecified atom stereocenters. The van der Waals surface area contributed by atoms with Crippen molar-refractivity contribution < 1.29 is 30.8 Å². The van der Waals surface area contributed by atoms with Crippen molar-refractivity contribution in [3.63, 3.8) is 0 Å². The van der Waals surface area contributed by atoms with Gasteiger partial charge in [-0.1, -0.05) is 12.1 Å². The highest BCUT2D eigenvalue weighted by atomic mass is 32.2. The van der Waals surface area contributed by atoms with Gasteiger partial charge in [0, 0.05) is 11.6 Å². The molecule has 2 aromatic carbocycles. The van der Waals surface area contributed by atoms with Crippen molar-refractivity contribution in [1.29, 1.82) is 0 Å². The molecule has 0 fully saturated rings. The molecule has 0 aliphatic heterocycles. The van der Waals surface area contributed by atoms with Gasteiger partial charge in [-0.05, 0) is 48.9 Å². The molecule has 1 amide bonds. The fourth-order valence-electron chi connectivity index (χ4n) is 2.19. The first-order valence-corrected chi connectivity index (χ1v) is 9.19. The van der Waals surface area contributed by atoms with Gasteiger partial charge in [0.2, 0.25) is 10.0 Å². The first-order valence-electron chi connectivity index (χ1n) is 7.71. The lowest BCUT2D eigenvalue weighted by molar-refractivity contribution is -0.123. The number of halogens is 4. The van der Waals surface area contributed by atoms with Crippen LogP contribution in [0.2, 0.25) is 0 Å². The second-order valence-electron chi connectivity index (χ2n) is 5.72. The van der Waals surface area contributed by atoms with Crippen LogP contribution in [0, 0.1) is 5.82 Å². The van der Waals surface area contributed by atoms with Crippen LogP contribution in [0.15, 0.2) is 53.4 Å². The van der Waals surface area contributed by atoms with Crippen molar-refractivity contribution >= 4 is 15.9 Å². The summed E-state index contributed by atoms with van der Waals surface area (Å²) in [6.45, 7) is 0.0896. The highest BCUT2D eigenvalue weighted by molar-refractivity contribution is 7.89. The number of carbonyl (C=O) groups is 1. The first-order chi connectivity index (χ1) is 12.5. The predicted molar refractivity (Wildman–Crippen MR) is 90.0 cm³/mol. The molecule has 1 atom stereocenters. The molecular weight excluding hydrogens is 388 g/mol. The lowest BCUT2D eigenvalue weighted by atomic mass is 10.1. The number of nitrogens with one attached hydrogen (secondary N) is 2. The van der Waals surface area contributed by atoms with Gasteiger partial charge in [-0.2, -0.15) is 13.2 Å². The van der Waals surface area contributed by atoms with Crippen LogP contribution >= 0.6 is 0 Å². The van der Waals surface area contributed by atoms with Gasteiger partial charge in [0.05, 0.1) is 4.90 Å². The molecule has 0 spiro atoms. The fourth-order valence-corrected chi connectivity index (χ4v) is 3.42. The summed E-state index contributed by atoms with van der Waals surface area (Å²) >= 11 is 0. The first kappa shape index (κ1) is 20.8. The van der Waals surface area contributed by atoms with Crippen molar-refractivity contribution in [1.82, 2.24) is 10.0 Å². The Bertz CT molecular complexity index is 895. The lowest BCUT2D eigenvalue weighted by Gasteiger charge is -2.15. The molecule has 10 heteroatoms. The van der Waals surface area contributed by atoms with Crippen molar-refractivity contribution in [2.24, 2.45) is 0 Å². The maximum Gasteiger partial charge on any atom is 0.405 e. The third kappa shape index (κ3) is 6.04. The zero-order valence-electron chi connectivity index (χ0n) is 14.0. The SMILES string of the molecule is C[C@H](NS(=O)(=O)c1ccc(C(=O)NCC(F)(F)F)cc1)c1ccc(F)cc1. The summed E-state index contributed by atoms with van der Waals surface area (Å²) in [5.74, 6) is -1.42. The maximum atomic E-state index is 12.9. The molecule has 2 rings (SSSR count). The van der Waals surface area contributed by atoms with Crippen LogP contribution in [0.5, 0.6) is 0 Å². The van der Waals surface area contributed by atoms with E-state index in [4.69, 9.17) is 0 Å². The van der Waals surface area contributed by atoms with E-state index in [9.17, 15) is 30.8 Å². The van der Waals surface area contributed by atoms with Gasteiger partial charge >= 0.3 is 6.18 Å². The maximum absolute atomic E-state index is 12.9. The van der Waals surface area contributed by atoms with Crippen LogP contribution in [0.1, 0.15) is 28.9 Å². The van der Waals surface area contributed by atoms with Crippen LogP contribution in [0.3, 0.4) is 0 Å². The summed E-state index contributed by atoms with van der Waals surface area (Å²) < 4.78 is 76.5. The van der Waals surface area contributed by atoms with Crippen LogP contribution in [0.4, 0.5) is 17.6 Å². The summed E-state index contributed by atoms with van der Waals surface area (Å²) in [6.07, 6.45) is -4.54. The number of benzene rings is 2. The van der Waals surface area contributed by atoms with Gasteiger partial charge in [0.1, 0.15) is 12.4 Å². The monoisotopic (exact) mass is 404 g/mol. The minimum Gasteiger partial charge on any atom is -0.343 e. The third-order valence-electron chi connectivity index (χ3n) is 3.58. The van der Waals surface area contributed by atoms with Gasteiger partial charge in [-0.15, -0.1) is 0 Å². The van der Waals surface area contributed by atoms with E-state index in [2.05, 4.69) is 4.72 Å². The third-order valence-corrected chi connectivity index (χ3v) is 5.13. The van der Waals surface area contributed by atoms with Crippen molar-refractivity contribution in [2.45, 2.75) is 24.0 Å². The van der Waals surface area contributed by atoms with Crippen LogP contribution in [0.25, 0.3) is 0 Å². The van der Waals surface area contributed by atoms with E-state index in [1.165, 1.54) is 24.3 Å². The Morgan fingerprint density at radius 1 is 1.04 bits per heavy atom. The Morgan fingerprint density at radius 2 is 1.59 bits per heavy atom. The van der Waals surface area contributed by atoms with Gasteiger partial charge in [-0.25, -0.2) is 17.5 Å². The zero-order valence-corrected chi connectivity index (χ0v) is 14.9. The molecular formula is C17H16F4N2O3S. The Balaban J connectivity index is 2.08. The smallest absolute Gasteiger partial charge is 0.343 e. The number of rotatable bonds is 6. The minimum atomic E-state index is -4.54. The standard InChI is InChI=1S/C17H16F4N2O3S/c1-11(12-2-6-14(18)7-3-12)23-27(25,26)15-8-4-13(5-9-15)16(24)22-10-17(19,20)21/h2-9,11,23H,10H2,1H3,(H,22,24)/t11-/m0/s1. The van der Waals surface area contributed by atoms with Crippen LogP contribution in [-0.2, 0) is 10.0 Å². The summed E-state index contributed by atoms with van der Waals surface area (Å²) in [5, 5.41) is 1.70. The molecule has 0 aliphatic rings. The summed E-state index contributed by atoms with van der Waals surface area (Å²) in [6, 6.07) is 9.09. The molecule has 0 heterocycles. The average molecular weight is 404 g/mol. The van der Waals surface area contributed by atoms with Gasteiger partial charge in [-0.3, -0.25) is 4.79 Å². The molecule has 0 bridgehead atoms. The second kappa shape index (κ2) is 8.05. The molecule has 2 aromatic rings. The molecule has 5 nitrogen and oxygen atoms in total. The molecule has 0 saturated carbocycles. The summed E-state index contributed by atoms with van der Waals surface area (Å²) in [4.78, 5) is 11.5. The molecule has 0 saturated heterocycles. The Hall–Kier alpha value is -2.46. The number of amides is 1. The molecule has 0 aliphatic carbocycles. The van der Waals surface area contributed by atoms with E-state index in [0.29, 0.717) is 5.56 Å². The van der Waals surface area contributed by atoms with Gasteiger partial charge in [0.15, 0.2) is 0 Å². The molecule has 0 aromatic heterocycles. The van der Waals surface area contributed by atoms with E-state index in [1.807, 2.05) is 0 Å². The number of hydrogen-bond donors (Lipinski definition) is 2. The normalized spacial score (nSPS) is 13.2. The molecule has 2 N–H and O–H groups in total. The predicted octanol–water partition coefficient (Wildman–Crippen LogP) is 3.16. The zero-order chi connectivity index (χ0) is 20.2. The quantitative estimate of drug-likeness (QED) is 0.727. The number of carbonyl (C=O) groups excluding carboxylic acids is 1. The van der Waals surface area contributed by atoms with E-state index in [-0.39, 0.29) is 10.5 Å². The largest absolute Gasteiger partial charge is 0.405 e. The number of alkyl halides is 3. The lowest BCUT2D eigenvalue weighted by Crippen LogP contribution is -2.33. The van der Waals surface area contributed by atoms with Gasteiger partial charge in [0.25, 0.3) is 5.91 Å². The van der Waals surface area contributed by atoms with Crippen LogP contribution < -0.4 is 10.0 Å². The van der Waals surface area contributed by atoms with Crippen molar-refractivity contribution in [2.75, 3.05) is 6.54 Å². The van der Waals surface area contributed by atoms with E-state index in [1.54, 1.807) is 12.2 Å². The minimum absolute atomic E-state index is 0.107. The highest BCUT2D eigenvalue weighted by Crippen LogP contribution is 2.18. The second-order valence-corrected chi connectivity index (χ2v) is 7.43. The van der Waals surface area contributed by atoms with E-state index >= 15 is 0 Å². The van der Waals surface area contributed by atoms with Gasteiger partial charge < -0.3 is 5.32 Å². The summed E-state index contributed by atoms with van der Waals surface area (Å²) in [5.41, 5.74) is 0.438. The van der Waals surface area contributed by atoms with Crippen molar-refractivity contribution in [3.05, 3.63) is 65.5 Å². The Kier molecular flexibility index (Phi) is 6.22. The van der Waals surface area contributed by atoms with E-state index < -0.39 is 40.5 Å². The Labute approximate surface area is 153 Å².